The number of nitro groups is 1. The quantitative estimate of drug-likeness (QED) is 0.269. The predicted octanol–water partition coefficient (Wildman–Crippen LogP) is 1.08. The maximum absolute atomic E-state index is 10.9. The van der Waals surface area contributed by atoms with Gasteiger partial charge in [0.25, 0.3) is 0 Å². The predicted molar refractivity (Wildman–Crippen MR) is 65.6 cm³/mol. The van der Waals surface area contributed by atoms with E-state index in [0.717, 1.165) is 18.0 Å². The van der Waals surface area contributed by atoms with E-state index in [1.165, 1.54) is 7.11 Å². The summed E-state index contributed by atoms with van der Waals surface area (Å²) < 4.78 is 4.48. The summed E-state index contributed by atoms with van der Waals surface area (Å²) in [6, 6.07) is 0. The van der Waals surface area contributed by atoms with E-state index in [9.17, 15) is 14.9 Å². The average molecular weight is 272 g/mol. The molecule has 0 spiro atoms. The highest BCUT2D eigenvalue weighted by Crippen LogP contribution is 2.27. The number of esters is 1. The lowest BCUT2D eigenvalue weighted by Crippen LogP contribution is -2.03. The molecule has 1 heterocycles. The number of nitrogens with one attached hydrogen (secondary N) is 1. The first kappa shape index (κ1) is 14.2. The smallest absolute Gasteiger partial charge is 0.319 e. The van der Waals surface area contributed by atoms with Gasteiger partial charge >= 0.3 is 11.7 Å². The Bertz CT molecular complexity index is 454. The molecule has 0 atom stereocenters. The van der Waals surface area contributed by atoms with Crippen LogP contribution < -0.4 is 5.32 Å². The molecule has 0 fully saturated rings. The standard InChI is InChI=1S/C9H12N4O4S/c1-10-9-11-5-6(13(15)16)8(12-9)18-4-3-7(14)17-2/h5H,3-4H2,1-2H3,(H,10,11,12). The van der Waals surface area contributed by atoms with Gasteiger partial charge in [-0.3, -0.25) is 14.9 Å². The summed E-state index contributed by atoms with van der Waals surface area (Å²) in [5.74, 6) is 0.280. The van der Waals surface area contributed by atoms with E-state index in [1.807, 2.05) is 0 Å². The van der Waals surface area contributed by atoms with Gasteiger partial charge in [-0.2, -0.15) is 4.98 Å². The van der Waals surface area contributed by atoms with Crippen molar-refractivity contribution in [3.05, 3.63) is 16.3 Å². The number of thioether (sulfide) groups is 1. The highest BCUT2D eigenvalue weighted by molar-refractivity contribution is 7.99. The second kappa shape index (κ2) is 6.74. The fraction of sp³-hybridized carbons (Fsp3) is 0.444. The first-order valence-corrected chi connectivity index (χ1v) is 5.95. The summed E-state index contributed by atoms with van der Waals surface area (Å²) in [6.45, 7) is 0. The minimum atomic E-state index is -0.556. The molecule has 0 bridgehead atoms. The van der Waals surface area contributed by atoms with Crippen molar-refractivity contribution >= 4 is 29.4 Å². The highest BCUT2D eigenvalue weighted by atomic mass is 32.2. The van der Waals surface area contributed by atoms with Crippen molar-refractivity contribution in [1.82, 2.24) is 9.97 Å². The molecule has 0 amide bonds. The third-order valence-corrected chi connectivity index (χ3v) is 2.91. The summed E-state index contributed by atoms with van der Waals surface area (Å²) in [4.78, 5) is 28.9. The van der Waals surface area contributed by atoms with Crippen LogP contribution in [0.15, 0.2) is 11.2 Å². The summed E-state index contributed by atoms with van der Waals surface area (Å²) >= 11 is 1.11. The van der Waals surface area contributed by atoms with Crippen LogP contribution in [0.3, 0.4) is 0 Å². The number of hydrogen-bond donors (Lipinski definition) is 1. The molecule has 1 rings (SSSR count). The highest BCUT2D eigenvalue weighted by Gasteiger charge is 2.17. The molecule has 0 aliphatic heterocycles. The van der Waals surface area contributed by atoms with Crippen molar-refractivity contribution in [2.75, 3.05) is 25.2 Å². The second-order valence-corrected chi connectivity index (χ2v) is 4.15. The number of aromatic nitrogens is 2. The number of ether oxygens (including phenoxy) is 1. The van der Waals surface area contributed by atoms with Crippen molar-refractivity contribution in [2.45, 2.75) is 11.4 Å². The lowest BCUT2D eigenvalue weighted by Gasteiger charge is -2.03. The molecule has 0 aromatic carbocycles. The summed E-state index contributed by atoms with van der Waals surface area (Å²) in [5, 5.41) is 13.7. The van der Waals surface area contributed by atoms with E-state index in [-0.39, 0.29) is 23.1 Å². The van der Waals surface area contributed by atoms with Gasteiger partial charge in [0.15, 0.2) is 5.03 Å². The summed E-state index contributed by atoms with van der Waals surface area (Å²) in [7, 11) is 2.91. The van der Waals surface area contributed by atoms with Crippen LogP contribution in [-0.2, 0) is 9.53 Å². The van der Waals surface area contributed by atoms with Crippen LogP contribution in [0.5, 0.6) is 0 Å². The van der Waals surface area contributed by atoms with Crippen LogP contribution in [0.1, 0.15) is 6.42 Å². The average Bonchev–Trinajstić information content (AvgIpc) is 2.37. The van der Waals surface area contributed by atoms with Gasteiger partial charge in [0, 0.05) is 12.8 Å². The van der Waals surface area contributed by atoms with Crippen LogP contribution in [0.2, 0.25) is 0 Å². The molecule has 18 heavy (non-hydrogen) atoms. The third-order valence-electron chi connectivity index (χ3n) is 1.93. The maximum Gasteiger partial charge on any atom is 0.319 e. The molecule has 0 saturated heterocycles. The molecule has 9 heteroatoms. The van der Waals surface area contributed by atoms with Crippen molar-refractivity contribution in [1.29, 1.82) is 0 Å². The number of carbonyl (C=O) groups excluding carboxylic acids is 1. The molecule has 0 saturated carbocycles. The maximum atomic E-state index is 10.9. The van der Waals surface area contributed by atoms with Gasteiger partial charge in [-0.1, -0.05) is 11.8 Å². The number of nitrogens with zero attached hydrogens (tertiary/aromatic N) is 3. The van der Waals surface area contributed by atoms with Crippen molar-refractivity contribution in [2.24, 2.45) is 0 Å². The molecule has 0 aliphatic carbocycles. The van der Waals surface area contributed by atoms with Gasteiger partial charge in [0.2, 0.25) is 5.95 Å². The van der Waals surface area contributed by atoms with Gasteiger partial charge in [0.1, 0.15) is 6.20 Å². The Morgan fingerprint density at radius 2 is 2.39 bits per heavy atom. The number of carbonyl (C=O) groups is 1. The third kappa shape index (κ3) is 3.84. The van der Waals surface area contributed by atoms with Crippen LogP contribution >= 0.6 is 11.8 Å². The molecule has 0 radical (unpaired) electrons. The number of methoxy groups -OCH3 is 1. The molecule has 8 nitrogen and oxygen atoms in total. The molecule has 1 N–H and O–H groups in total. The van der Waals surface area contributed by atoms with E-state index < -0.39 is 4.92 Å². The molecule has 1 aromatic rings. The van der Waals surface area contributed by atoms with Crippen molar-refractivity contribution < 1.29 is 14.5 Å². The van der Waals surface area contributed by atoms with Gasteiger partial charge in [0.05, 0.1) is 18.5 Å². The van der Waals surface area contributed by atoms with E-state index in [2.05, 4.69) is 20.0 Å². The lowest BCUT2D eigenvalue weighted by atomic mass is 10.5. The summed E-state index contributed by atoms with van der Waals surface area (Å²) in [6.07, 6.45) is 1.30. The van der Waals surface area contributed by atoms with Crippen molar-refractivity contribution in [3.8, 4) is 0 Å². The van der Waals surface area contributed by atoms with E-state index >= 15 is 0 Å². The van der Waals surface area contributed by atoms with Gasteiger partial charge in [-0.25, -0.2) is 4.98 Å². The molecular formula is C9H12N4O4S. The Morgan fingerprint density at radius 1 is 1.67 bits per heavy atom. The van der Waals surface area contributed by atoms with Gasteiger partial charge < -0.3 is 10.1 Å². The van der Waals surface area contributed by atoms with Crippen molar-refractivity contribution in [3.63, 3.8) is 0 Å². The lowest BCUT2D eigenvalue weighted by molar-refractivity contribution is -0.388. The number of rotatable bonds is 6. The van der Waals surface area contributed by atoms with E-state index in [1.54, 1.807) is 7.05 Å². The largest absolute Gasteiger partial charge is 0.469 e. The first-order chi connectivity index (χ1) is 8.58. The monoisotopic (exact) mass is 272 g/mol. The Morgan fingerprint density at radius 3 is 2.94 bits per heavy atom. The second-order valence-electron chi connectivity index (χ2n) is 3.07. The molecule has 98 valence electrons. The fourth-order valence-electron chi connectivity index (χ4n) is 1.04. The zero-order valence-corrected chi connectivity index (χ0v) is 10.7. The van der Waals surface area contributed by atoms with Crippen LogP contribution in [0.4, 0.5) is 11.6 Å². The van der Waals surface area contributed by atoms with Crippen LogP contribution in [-0.4, -0.2) is 40.8 Å². The van der Waals surface area contributed by atoms with Gasteiger partial charge in [-0.15, -0.1) is 0 Å². The van der Waals surface area contributed by atoms with Gasteiger partial charge in [-0.05, 0) is 0 Å². The van der Waals surface area contributed by atoms with E-state index in [4.69, 9.17) is 0 Å². The zero-order valence-electron chi connectivity index (χ0n) is 9.87. The topological polar surface area (TPSA) is 107 Å². The Hall–Kier alpha value is -1.90. The Kier molecular flexibility index (Phi) is 5.31. The van der Waals surface area contributed by atoms with Crippen LogP contribution in [0, 0.1) is 10.1 Å². The first-order valence-electron chi connectivity index (χ1n) is 4.97. The van der Waals surface area contributed by atoms with E-state index in [0.29, 0.717) is 11.7 Å². The van der Waals surface area contributed by atoms with Crippen LogP contribution in [0.25, 0.3) is 0 Å². The SMILES string of the molecule is CNc1ncc([N+](=O)[O-])c(SCCC(=O)OC)n1. The zero-order chi connectivity index (χ0) is 13.5. The number of hydrogen-bond acceptors (Lipinski definition) is 8. The normalized spacial score (nSPS) is 9.89. The molecular weight excluding hydrogens is 260 g/mol. The molecule has 0 aliphatic rings. The minimum absolute atomic E-state index is 0.164. The molecule has 1 aromatic heterocycles. The Balaban J connectivity index is 2.78. The fourth-order valence-corrected chi connectivity index (χ4v) is 1.93. The summed E-state index contributed by atoms with van der Waals surface area (Å²) in [5.41, 5.74) is -0.177. The Labute approximate surface area is 107 Å². The molecule has 0 unspecified atom stereocenters. The number of anilines is 1. The minimum Gasteiger partial charge on any atom is -0.469 e.